The van der Waals surface area contributed by atoms with Gasteiger partial charge in [0.25, 0.3) is 15.9 Å². The molecule has 1 aromatic heterocycles. The summed E-state index contributed by atoms with van der Waals surface area (Å²) in [5, 5.41) is 10.9. The number of carbonyl (C=O) groups excluding carboxylic acids is 1. The zero-order valence-electron chi connectivity index (χ0n) is 15.3. The minimum atomic E-state index is -3.81. The molecule has 0 atom stereocenters. The molecule has 7 nitrogen and oxygen atoms in total. The Morgan fingerprint density at radius 3 is 2.53 bits per heavy atom. The number of amides is 1. The normalized spacial score (nSPS) is 11.4. The van der Waals surface area contributed by atoms with Crippen LogP contribution in [0.25, 0.3) is 0 Å². The number of aromatic nitrogens is 2. The first-order chi connectivity index (χ1) is 14.3. The zero-order chi connectivity index (χ0) is 21.6. The van der Waals surface area contributed by atoms with Crippen molar-refractivity contribution in [2.75, 3.05) is 17.6 Å². The van der Waals surface area contributed by atoms with Crippen LogP contribution in [0.1, 0.15) is 15.9 Å². The Hall–Kier alpha value is -1.69. The third-order valence-corrected chi connectivity index (χ3v) is 7.97. The monoisotopic (exact) mass is 502 g/mol. The second-order valence-electron chi connectivity index (χ2n) is 5.88. The summed E-state index contributed by atoms with van der Waals surface area (Å²) in [6.45, 7) is 0.238. The number of carbonyl (C=O) groups is 1. The standard InChI is InChI=1S/C18H16Cl2N4O3S3/c19-13-7-5-12(6-8-13)11-28-10-9-21-30(26,27)18-24-23-17(29-18)22-16(25)14-3-1-2-4-15(14)20/h1-8,21H,9-11H2,(H,22,23,25). The number of rotatable bonds is 9. The van der Waals surface area contributed by atoms with Gasteiger partial charge in [0.15, 0.2) is 0 Å². The van der Waals surface area contributed by atoms with E-state index < -0.39 is 15.9 Å². The summed E-state index contributed by atoms with van der Waals surface area (Å²) < 4.78 is 27.0. The third-order valence-electron chi connectivity index (χ3n) is 3.70. The zero-order valence-corrected chi connectivity index (χ0v) is 19.3. The molecule has 158 valence electrons. The summed E-state index contributed by atoms with van der Waals surface area (Å²) >= 11 is 14.2. The fourth-order valence-corrected chi connectivity index (χ4v) is 5.52. The van der Waals surface area contributed by atoms with Crippen LogP contribution < -0.4 is 10.0 Å². The van der Waals surface area contributed by atoms with Gasteiger partial charge in [-0.15, -0.1) is 10.2 Å². The Morgan fingerprint density at radius 2 is 1.80 bits per heavy atom. The number of thioether (sulfide) groups is 1. The van der Waals surface area contributed by atoms with Crippen LogP contribution in [-0.2, 0) is 15.8 Å². The van der Waals surface area contributed by atoms with E-state index in [4.69, 9.17) is 23.2 Å². The van der Waals surface area contributed by atoms with Gasteiger partial charge >= 0.3 is 0 Å². The van der Waals surface area contributed by atoms with Gasteiger partial charge in [0, 0.05) is 23.1 Å². The molecule has 0 saturated heterocycles. The summed E-state index contributed by atoms with van der Waals surface area (Å²) in [7, 11) is -3.81. The van der Waals surface area contributed by atoms with E-state index in [0.717, 1.165) is 22.7 Å². The molecule has 3 rings (SSSR count). The first-order valence-corrected chi connectivity index (χ1v) is 12.8. The highest BCUT2D eigenvalue weighted by molar-refractivity contribution is 7.98. The van der Waals surface area contributed by atoms with E-state index in [9.17, 15) is 13.2 Å². The number of benzene rings is 2. The number of halogens is 2. The molecule has 2 aromatic carbocycles. The summed E-state index contributed by atoms with van der Waals surface area (Å²) in [6.07, 6.45) is 0. The van der Waals surface area contributed by atoms with Crippen LogP contribution in [0.15, 0.2) is 52.9 Å². The molecule has 0 bridgehead atoms. The average molecular weight is 503 g/mol. The summed E-state index contributed by atoms with van der Waals surface area (Å²) in [5.74, 6) is 0.833. The van der Waals surface area contributed by atoms with Crippen LogP contribution in [0.3, 0.4) is 0 Å². The molecule has 2 N–H and O–H groups in total. The molecule has 0 aliphatic rings. The van der Waals surface area contributed by atoms with Gasteiger partial charge in [-0.05, 0) is 29.8 Å². The Morgan fingerprint density at radius 1 is 1.07 bits per heavy atom. The average Bonchev–Trinajstić information content (AvgIpc) is 3.19. The molecular formula is C18H16Cl2N4O3S3. The molecule has 0 spiro atoms. The smallest absolute Gasteiger partial charge is 0.269 e. The van der Waals surface area contributed by atoms with Crippen LogP contribution in [0.4, 0.5) is 5.13 Å². The van der Waals surface area contributed by atoms with Gasteiger partial charge in [-0.2, -0.15) is 11.8 Å². The van der Waals surface area contributed by atoms with Crippen molar-refractivity contribution in [3.05, 3.63) is 69.7 Å². The number of nitrogens with one attached hydrogen (secondary N) is 2. The minimum absolute atomic E-state index is 0.0670. The Balaban J connectivity index is 1.49. The fraction of sp³-hybridized carbons (Fsp3) is 0.167. The molecule has 0 radical (unpaired) electrons. The molecule has 0 unspecified atom stereocenters. The fourth-order valence-electron chi connectivity index (χ4n) is 2.26. The van der Waals surface area contributed by atoms with E-state index in [-0.39, 0.29) is 26.6 Å². The van der Waals surface area contributed by atoms with Gasteiger partial charge < -0.3 is 0 Å². The number of sulfonamides is 1. The van der Waals surface area contributed by atoms with Gasteiger partial charge in [-0.1, -0.05) is 58.8 Å². The van der Waals surface area contributed by atoms with Gasteiger partial charge in [-0.3, -0.25) is 10.1 Å². The molecule has 0 aliphatic carbocycles. The van der Waals surface area contributed by atoms with Crippen molar-refractivity contribution >= 4 is 67.4 Å². The highest BCUT2D eigenvalue weighted by atomic mass is 35.5. The lowest BCUT2D eigenvalue weighted by Crippen LogP contribution is -2.26. The molecule has 1 heterocycles. The summed E-state index contributed by atoms with van der Waals surface area (Å²) in [6, 6.07) is 14.0. The summed E-state index contributed by atoms with van der Waals surface area (Å²) in [4.78, 5) is 12.2. The van der Waals surface area contributed by atoms with E-state index in [2.05, 4.69) is 20.2 Å². The lowest BCUT2D eigenvalue weighted by molar-refractivity contribution is 0.102. The van der Waals surface area contributed by atoms with Gasteiger partial charge in [-0.25, -0.2) is 13.1 Å². The van der Waals surface area contributed by atoms with Gasteiger partial charge in [0.05, 0.1) is 10.6 Å². The Bertz CT molecular complexity index is 1120. The highest BCUT2D eigenvalue weighted by Crippen LogP contribution is 2.22. The molecule has 3 aromatic rings. The molecule has 0 fully saturated rings. The number of hydrogen-bond donors (Lipinski definition) is 2. The third kappa shape index (κ3) is 6.40. The van der Waals surface area contributed by atoms with Crippen LogP contribution >= 0.6 is 46.3 Å². The van der Waals surface area contributed by atoms with Crippen molar-refractivity contribution < 1.29 is 13.2 Å². The lowest BCUT2D eigenvalue weighted by atomic mass is 10.2. The van der Waals surface area contributed by atoms with Crippen LogP contribution in [0.2, 0.25) is 10.0 Å². The van der Waals surface area contributed by atoms with Crippen molar-refractivity contribution in [1.82, 2.24) is 14.9 Å². The van der Waals surface area contributed by atoms with Gasteiger partial charge in [0.2, 0.25) is 9.47 Å². The first kappa shape index (κ1) is 23.0. The van der Waals surface area contributed by atoms with Crippen molar-refractivity contribution in [2.24, 2.45) is 0 Å². The SMILES string of the molecule is O=C(Nc1nnc(S(=O)(=O)NCCSCc2ccc(Cl)cc2)s1)c1ccccc1Cl. The first-order valence-electron chi connectivity index (χ1n) is 8.56. The molecule has 1 amide bonds. The summed E-state index contributed by atoms with van der Waals surface area (Å²) in [5.41, 5.74) is 1.37. The maximum atomic E-state index is 12.4. The molecule has 12 heteroatoms. The number of nitrogens with zero attached hydrogens (tertiary/aromatic N) is 2. The number of anilines is 1. The molecule has 0 aliphatic heterocycles. The van der Waals surface area contributed by atoms with Gasteiger partial charge in [0.1, 0.15) is 0 Å². The van der Waals surface area contributed by atoms with E-state index >= 15 is 0 Å². The molecule has 30 heavy (non-hydrogen) atoms. The van der Waals surface area contributed by atoms with Crippen molar-refractivity contribution in [3.8, 4) is 0 Å². The Kier molecular flexibility index (Phi) is 8.09. The Labute approximate surface area is 192 Å². The predicted molar refractivity (Wildman–Crippen MR) is 122 cm³/mol. The van der Waals surface area contributed by atoms with Crippen molar-refractivity contribution in [2.45, 2.75) is 10.1 Å². The second-order valence-corrected chi connectivity index (χ2v) is 10.8. The van der Waals surface area contributed by atoms with E-state index in [1.54, 1.807) is 36.0 Å². The minimum Gasteiger partial charge on any atom is -0.296 e. The number of hydrogen-bond acceptors (Lipinski definition) is 7. The predicted octanol–water partition coefficient (Wildman–Crippen LogP) is 4.31. The van der Waals surface area contributed by atoms with E-state index in [0.29, 0.717) is 10.8 Å². The lowest BCUT2D eigenvalue weighted by Gasteiger charge is -2.04. The maximum Gasteiger partial charge on any atom is 0.269 e. The topological polar surface area (TPSA) is 101 Å². The van der Waals surface area contributed by atoms with E-state index in [1.165, 1.54) is 0 Å². The van der Waals surface area contributed by atoms with Crippen LogP contribution in [0.5, 0.6) is 0 Å². The van der Waals surface area contributed by atoms with Crippen molar-refractivity contribution in [1.29, 1.82) is 0 Å². The van der Waals surface area contributed by atoms with Crippen molar-refractivity contribution in [3.63, 3.8) is 0 Å². The quantitative estimate of drug-likeness (QED) is 0.334. The molecular weight excluding hydrogens is 487 g/mol. The second kappa shape index (κ2) is 10.6. The molecule has 0 saturated carbocycles. The maximum absolute atomic E-state index is 12.4. The largest absolute Gasteiger partial charge is 0.296 e. The highest BCUT2D eigenvalue weighted by Gasteiger charge is 2.21. The van der Waals surface area contributed by atoms with Crippen LogP contribution in [-0.4, -0.2) is 36.8 Å². The van der Waals surface area contributed by atoms with Crippen LogP contribution in [0, 0.1) is 0 Å². The van der Waals surface area contributed by atoms with E-state index in [1.807, 2.05) is 24.3 Å².